The zero-order chi connectivity index (χ0) is 26.9. The Labute approximate surface area is 218 Å². The maximum Gasteiger partial charge on any atom is 0.513 e. The molecule has 8 heteroatoms. The van der Waals surface area contributed by atoms with E-state index in [1.54, 1.807) is 72.8 Å². The molecule has 0 heterocycles. The summed E-state index contributed by atoms with van der Waals surface area (Å²) in [5.41, 5.74) is 0.925. The Kier molecular flexibility index (Phi) is 8.32. The van der Waals surface area contributed by atoms with Gasteiger partial charge in [-0.1, -0.05) is 30.8 Å². The first-order valence-corrected chi connectivity index (χ1v) is 11.8. The fourth-order valence-electron chi connectivity index (χ4n) is 3.65. The number of nitrogens with zero attached hydrogens (tertiary/aromatic N) is 1. The number of carbonyl (C=O) groups is 3. The second-order valence-electron chi connectivity index (χ2n) is 8.23. The Morgan fingerprint density at radius 1 is 0.737 bits per heavy atom. The third-order valence-corrected chi connectivity index (χ3v) is 5.57. The van der Waals surface area contributed by atoms with Crippen molar-refractivity contribution in [2.45, 2.75) is 12.8 Å². The van der Waals surface area contributed by atoms with Crippen LogP contribution in [-0.2, 0) is 14.3 Å². The maximum absolute atomic E-state index is 12.7. The minimum absolute atomic E-state index is 0.127. The van der Waals surface area contributed by atoms with Crippen molar-refractivity contribution < 1.29 is 33.3 Å². The average molecular weight is 510 g/mol. The predicted molar refractivity (Wildman–Crippen MR) is 140 cm³/mol. The van der Waals surface area contributed by atoms with Gasteiger partial charge in [-0.15, -0.1) is 0 Å². The van der Waals surface area contributed by atoms with Crippen LogP contribution in [0.1, 0.15) is 28.8 Å². The summed E-state index contributed by atoms with van der Waals surface area (Å²) in [4.78, 5) is 35.6. The van der Waals surface area contributed by atoms with Gasteiger partial charge in [0.25, 0.3) is 0 Å². The van der Waals surface area contributed by atoms with Crippen molar-refractivity contribution in [2.24, 2.45) is 0 Å². The van der Waals surface area contributed by atoms with Gasteiger partial charge in [-0.2, -0.15) is 5.26 Å². The Balaban J connectivity index is 1.32. The highest BCUT2D eigenvalue weighted by Crippen LogP contribution is 2.25. The molecule has 0 spiro atoms. The highest BCUT2D eigenvalue weighted by molar-refractivity contribution is 5.97. The average Bonchev–Trinajstić information content (AvgIpc) is 2.94. The van der Waals surface area contributed by atoms with Gasteiger partial charge in [0.2, 0.25) is 0 Å². The summed E-state index contributed by atoms with van der Waals surface area (Å²) >= 11 is 0. The van der Waals surface area contributed by atoms with E-state index in [0.29, 0.717) is 35.5 Å². The largest absolute Gasteiger partial charge is 0.513 e. The van der Waals surface area contributed by atoms with Gasteiger partial charge in [-0.3, -0.25) is 0 Å². The van der Waals surface area contributed by atoms with Crippen molar-refractivity contribution in [1.29, 1.82) is 5.26 Å². The van der Waals surface area contributed by atoms with Crippen LogP contribution in [0.5, 0.6) is 11.5 Å². The number of carbonyl (C=O) groups excluding carboxylic acids is 3. The fraction of sp³-hybridized carbons (Fsp3) is 0.133. The number of hydrogen-bond donors (Lipinski definition) is 0. The van der Waals surface area contributed by atoms with Crippen molar-refractivity contribution in [1.82, 2.24) is 0 Å². The normalized spacial score (nSPS) is 10.4. The van der Waals surface area contributed by atoms with E-state index in [1.807, 2.05) is 0 Å². The van der Waals surface area contributed by atoms with Gasteiger partial charge in [0.1, 0.15) is 11.5 Å². The molecule has 0 aliphatic carbocycles. The number of rotatable bonds is 9. The van der Waals surface area contributed by atoms with Crippen LogP contribution in [0.2, 0.25) is 0 Å². The summed E-state index contributed by atoms with van der Waals surface area (Å²) in [5, 5.41) is 12.3. The number of fused-ring (bicyclic) bond motifs is 2. The lowest BCUT2D eigenvalue weighted by Gasteiger charge is -2.09. The van der Waals surface area contributed by atoms with Crippen LogP contribution < -0.4 is 9.47 Å². The molecular formula is C30H23NO7. The predicted octanol–water partition coefficient (Wildman–Crippen LogP) is 6.11. The van der Waals surface area contributed by atoms with E-state index in [0.717, 1.165) is 27.6 Å². The molecule has 8 nitrogen and oxygen atoms in total. The minimum Gasteiger partial charge on any atom is -0.463 e. The third kappa shape index (κ3) is 6.74. The van der Waals surface area contributed by atoms with Gasteiger partial charge in [-0.25, -0.2) is 14.4 Å². The van der Waals surface area contributed by atoms with Crippen LogP contribution in [0.25, 0.3) is 21.5 Å². The topological polar surface area (TPSA) is 112 Å². The van der Waals surface area contributed by atoms with Crippen molar-refractivity contribution >= 4 is 39.6 Å². The highest BCUT2D eigenvalue weighted by Gasteiger charge is 2.12. The highest BCUT2D eigenvalue weighted by atomic mass is 16.7. The van der Waals surface area contributed by atoms with Crippen molar-refractivity contribution in [3.63, 3.8) is 0 Å². The third-order valence-electron chi connectivity index (χ3n) is 5.57. The van der Waals surface area contributed by atoms with Gasteiger partial charge >= 0.3 is 18.1 Å². The monoisotopic (exact) mass is 509 g/mol. The molecule has 4 aromatic rings. The van der Waals surface area contributed by atoms with Crippen molar-refractivity contribution in [3.8, 4) is 17.6 Å². The molecule has 0 aliphatic rings. The van der Waals surface area contributed by atoms with E-state index >= 15 is 0 Å². The number of nitriles is 1. The molecule has 0 aromatic heterocycles. The van der Waals surface area contributed by atoms with Crippen LogP contribution in [0.4, 0.5) is 4.79 Å². The summed E-state index contributed by atoms with van der Waals surface area (Å²) in [5.74, 6) is -0.309. The molecule has 0 bridgehead atoms. The van der Waals surface area contributed by atoms with Gasteiger partial charge in [-0.05, 0) is 82.9 Å². The van der Waals surface area contributed by atoms with Gasteiger partial charge in [0, 0.05) is 6.08 Å². The molecule has 0 N–H and O–H groups in total. The van der Waals surface area contributed by atoms with E-state index in [2.05, 4.69) is 12.6 Å². The summed E-state index contributed by atoms with van der Waals surface area (Å²) in [6.45, 7) is 3.65. The second-order valence-corrected chi connectivity index (χ2v) is 8.23. The maximum atomic E-state index is 12.7. The Hall–Kier alpha value is -5.16. The lowest BCUT2D eigenvalue weighted by atomic mass is 10.1. The van der Waals surface area contributed by atoms with E-state index < -0.39 is 18.1 Å². The Morgan fingerprint density at radius 2 is 1.32 bits per heavy atom. The standard InChI is InChI=1S/C30H23NO7/c1-2-28(32)35-13-3-4-14-36-30(34)38-27-12-10-22-16-25(8-7-24(22)18-27)29(33)37-26-11-9-21-15-20(19-31)5-6-23(21)17-26/h2,5-12,15-18H,1,3-4,13-14H2. The molecule has 0 aliphatic heterocycles. The van der Waals surface area contributed by atoms with Gasteiger partial charge in [0.05, 0.1) is 30.4 Å². The first kappa shape index (κ1) is 25.9. The zero-order valence-electron chi connectivity index (χ0n) is 20.3. The lowest BCUT2D eigenvalue weighted by molar-refractivity contribution is -0.137. The number of unbranched alkanes of at least 4 members (excludes halogenated alkanes) is 1. The number of ether oxygens (including phenoxy) is 4. The molecule has 0 fully saturated rings. The van der Waals surface area contributed by atoms with Crippen molar-refractivity contribution in [2.75, 3.05) is 13.2 Å². The van der Waals surface area contributed by atoms with E-state index in [9.17, 15) is 14.4 Å². The summed E-state index contributed by atoms with van der Waals surface area (Å²) in [7, 11) is 0. The first-order chi connectivity index (χ1) is 18.4. The smallest absolute Gasteiger partial charge is 0.463 e. The van der Waals surface area contributed by atoms with Crippen LogP contribution in [0.15, 0.2) is 85.5 Å². The Bertz CT molecular complexity index is 1570. The molecule has 0 saturated carbocycles. The van der Waals surface area contributed by atoms with E-state index in [4.69, 9.17) is 24.2 Å². The van der Waals surface area contributed by atoms with Crippen LogP contribution in [-0.4, -0.2) is 31.3 Å². The number of esters is 2. The molecule has 4 rings (SSSR count). The quantitative estimate of drug-likeness (QED) is 0.0873. The molecule has 0 atom stereocenters. The molecule has 4 aromatic carbocycles. The number of hydrogen-bond acceptors (Lipinski definition) is 8. The van der Waals surface area contributed by atoms with Gasteiger partial charge in [0.15, 0.2) is 0 Å². The molecule has 0 amide bonds. The molecule has 0 radical (unpaired) electrons. The van der Waals surface area contributed by atoms with Gasteiger partial charge < -0.3 is 18.9 Å². The fourth-order valence-corrected chi connectivity index (χ4v) is 3.65. The first-order valence-electron chi connectivity index (χ1n) is 11.8. The lowest BCUT2D eigenvalue weighted by Crippen LogP contribution is -2.12. The van der Waals surface area contributed by atoms with E-state index in [-0.39, 0.29) is 13.2 Å². The molecular weight excluding hydrogens is 486 g/mol. The summed E-state index contributed by atoms with van der Waals surface area (Å²) < 4.78 is 20.7. The van der Waals surface area contributed by atoms with Crippen LogP contribution >= 0.6 is 0 Å². The summed E-state index contributed by atoms with van der Waals surface area (Å²) in [6.07, 6.45) is 1.30. The van der Waals surface area contributed by atoms with Crippen molar-refractivity contribution in [3.05, 3.63) is 96.6 Å². The SMILES string of the molecule is C=CC(=O)OCCCCOC(=O)Oc1ccc2cc(C(=O)Oc3ccc4cc(C#N)ccc4c3)ccc2c1. The Morgan fingerprint density at radius 3 is 2.00 bits per heavy atom. The molecule has 0 saturated heterocycles. The molecule has 0 unspecified atom stereocenters. The second kappa shape index (κ2) is 12.2. The molecule has 190 valence electrons. The van der Waals surface area contributed by atoms with E-state index in [1.165, 1.54) is 0 Å². The van der Waals surface area contributed by atoms with Crippen LogP contribution in [0.3, 0.4) is 0 Å². The van der Waals surface area contributed by atoms with Crippen LogP contribution in [0, 0.1) is 11.3 Å². The number of benzene rings is 4. The molecule has 38 heavy (non-hydrogen) atoms. The minimum atomic E-state index is -0.841. The zero-order valence-corrected chi connectivity index (χ0v) is 20.3. The summed E-state index contributed by atoms with van der Waals surface area (Å²) in [6, 6.07) is 22.7.